The largest absolute Gasteiger partial charge is 0.498 e. The maximum absolute atomic E-state index is 14.4. The average Bonchev–Trinajstić information content (AvgIpc) is 2.74. The molecule has 0 amide bonds. The molecule has 0 N–H and O–H groups in total. The van der Waals surface area contributed by atoms with Gasteiger partial charge in [0.25, 0.3) is 0 Å². The number of aryl methyl sites for hydroxylation is 1. The summed E-state index contributed by atoms with van der Waals surface area (Å²) >= 11 is 0. The average molecular weight is 411 g/mol. The summed E-state index contributed by atoms with van der Waals surface area (Å²) in [6.07, 6.45) is 3.68. The minimum Gasteiger partial charge on any atom is -0.498 e. The lowest BCUT2D eigenvalue weighted by Gasteiger charge is -2.20. The molecule has 29 heavy (non-hydrogen) atoms. The van der Waals surface area contributed by atoms with Gasteiger partial charge in [0.15, 0.2) is 11.7 Å². The predicted molar refractivity (Wildman–Crippen MR) is 114 cm³/mol. The van der Waals surface area contributed by atoms with E-state index in [1.54, 1.807) is 6.92 Å². The van der Waals surface area contributed by atoms with Crippen molar-refractivity contribution in [1.82, 2.24) is 0 Å². The predicted octanol–water partition coefficient (Wildman–Crippen LogP) is 6.93. The third kappa shape index (κ3) is 8.57. The maximum atomic E-state index is 14.4. The van der Waals surface area contributed by atoms with Crippen LogP contribution in [0.4, 0.5) is 8.78 Å². The van der Waals surface area contributed by atoms with E-state index in [0.717, 1.165) is 12.2 Å². The van der Waals surface area contributed by atoms with E-state index in [4.69, 9.17) is 14.2 Å². The van der Waals surface area contributed by atoms with Crippen LogP contribution in [0.5, 0.6) is 5.75 Å². The van der Waals surface area contributed by atoms with Gasteiger partial charge in [-0.15, -0.1) is 0 Å². The number of benzene rings is 1. The number of hydrogen-bond acceptors (Lipinski definition) is 3. The number of halogens is 2. The molecule has 0 fully saturated rings. The summed E-state index contributed by atoms with van der Waals surface area (Å²) in [5.41, 5.74) is 1.69. The number of unbranched alkanes of at least 4 members (excludes halogenated alkanes) is 1. The Hall–Kier alpha value is -1.88. The van der Waals surface area contributed by atoms with Crippen LogP contribution in [0.25, 0.3) is 0 Å². The van der Waals surface area contributed by atoms with Crippen molar-refractivity contribution in [3.05, 3.63) is 52.8 Å². The van der Waals surface area contributed by atoms with Crippen LogP contribution >= 0.6 is 0 Å². The van der Waals surface area contributed by atoms with Crippen LogP contribution in [0, 0.1) is 5.92 Å². The van der Waals surface area contributed by atoms with Gasteiger partial charge >= 0.3 is 0 Å². The van der Waals surface area contributed by atoms with E-state index >= 15 is 0 Å². The van der Waals surface area contributed by atoms with Crippen LogP contribution in [0.3, 0.4) is 0 Å². The van der Waals surface area contributed by atoms with Gasteiger partial charge in [0.2, 0.25) is 0 Å². The molecule has 0 radical (unpaired) electrons. The Labute approximate surface area is 174 Å². The molecule has 0 spiro atoms. The first-order valence-corrected chi connectivity index (χ1v) is 10.5. The second-order valence-corrected chi connectivity index (χ2v) is 7.37. The fraction of sp³-hybridized carbons (Fsp3) is 0.583. The Kier molecular flexibility index (Phi) is 11.6. The molecule has 0 aliphatic rings. The van der Waals surface area contributed by atoms with Crippen molar-refractivity contribution in [3.8, 4) is 5.75 Å². The van der Waals surface area contributed by atoms with Crippen molar-refractivity contribution in [2.24, 2.45) is 5.92 Å². The van der Waals surface area contributed by atoms with Gasteiger partial charge in [-0.25, -0.2) is 8.78 Å². The maximum Gasteiger partial charge on any atom is 0.195 e. The molecule has 164 valence electrons. The molecule has 0 bridgehead atoms. The molecule has 0 saturated heterocycles. The molecule has 1 rings (SSSR count). The molecule has 2 atom stereocenters. The number of ether oxygens (including phenoxy) is 3. The van der Waals surface area contributed by atoms with Crippen LogP contribution in [0.1, 0.15) is 59.4 Å². The topological polar surface area (TPSA) is 27.7 Å². The minimum atomic E-state index is -0.949. The fourth-order valence-electron chi connectivity index (χ4n) is 2.91. The first kappa shape index (κ1) is 25.2. The van der Waals surface area contributed by atoms with Gasteiger partial charge in [-0.1, -0.05) is 39.3 Å². The van der Waals surface area contributed by atoms with Crippen molar-refractivity contribution in [3.63, 3.8) is 0 Å². The summed E-state index contributed by atoms with van der Waals surface area (Å²) < 4.78 is 44.9. The third-order valence-corrected chi connectivity index (χ3v) is 4.92. The van der Waals surface area contributed by atoms with E-state index < -0.39 is 11.7 Å². The monoisotopic (exact) mass is 410 g/mol. The Bertz CT molecular complexity index is 665. The lowest BCUT2D eigenvalue weighted by molar-refractivity contribution is 0.0199. The lowest BCUT2D eigenvalue weighted by atomic mass is 9.98. The van der Waals surface area contributed by atoms with Crippen molar-refractivity contribution in [1.29, 1.82) is 0 Å². The van der Waals surface area contributed by atoms with Crippen molar-refractivity contribution < 1.29 is 23.0 Å². The Morgan fingerprint density at radius 2 is 1.66 bits per heavy atom. The Balaban J connectivity index is 2.55. The van der Waals surface area contributed by atoms with Gasteiger partial charge in [-0.05, 0) is 56.4 Å². The highest BCUT2D eigenvalue weighted by Gasteiger charge is 2.19. The first-order valence-electron chi connectivity index (χ1n) is 10.5. The highest BCUT2D eigenvalue weighted by Crippen LogP contribution is 2.28. The van der Waals surface area contributed by atoms with Gasteiger partial charge in [-0.3, -0.25) is 0 Å². The summed E-state index contributed by atoms with van der Waals surface area (Å²) in [4.78, 5) is 0. The summed E-state index contributed by atoms with van der Waals surface area (Å²) in [5.74, 6) is -1.32. The molecule has 5 heteroatoms. The van der Waals surface area contributed by atoms with Crippen molar-refractivity contribution in [2.45, 2.75) is 66.4 Å². The quantitative estimate of drug-likeness (QED) is 0.261. The summed E-state index contributed by atoms with van der Waals surface area (Å²) in [6, 6.07) is 8.12. The molecule has 1 aromatic rings. The molecule has 2 unspecified atom stereocenters. The molecular weight excluding hydrogens is 374 g/mol. The van der Waals surface area contributed by atoms with Crippen LogP contribution in [0.15, 0.2) is 47.3 Å². The minimum absolute atomic E-state index is 0.0657. The van der Waals surface area contributed by atoms with E-state index in [1.165, 1.54) is 32.4 Å². The van der Waals surface area contributed by atoms with Crippen molar-refractivity contribution >= 4 is 0 Å². The lowest BCUT2D eigenvalue weighted by Crippen LogP contribution is -2.22. The molecular formula is C24H36F2O3. The van der Waals surface area contributed by atoms with Crippen LogP contribution < -0.4 is 4.74 Å². The number of rotatable bonds is 13. The van der Waals surface area contributed by atoms with Crippen molar-refractivity contribution in [2.75, 3.05) is 20.3 Å². The number of hydrogen-bond donors (Lipinski definition) is 0. The molecule has 0 aliphatic heterocycles. The van der Waals surface area contributed by atoms with Gasteiger partial charge in [0.05, 0.1) is 19.8 Å². The van der Waals surface area contributed by atoms with Gasteiger partial charge in [0, 0.05) is 5.92 Å². The second kappa shape index (κ2) is 13.4. The summed E-state index contributed by atoms with van der Waals surface area (Å²) in [5, 5.41) is 0. The van der Waals surface area contributed by atoms with E-state index in [1.807, 2.05) is 26.0 Å². The van der Waals surface area contributed by atoms with Gasteiger partial charge in [-0.2, -0.15) is 0 Å². The second-order valence-electron chi connectivity index (χ2n) is 7.37. The van der Waals surface area contributed by atoms with E-state index in [2.05, 4.69) is 19.1 Å². The number of methoxy groups -OCH3 is 1. The van der Waals surface area contributed by atoms with Crippen LogP contribution in [-0.4, -0.2) is 26.4 Å². The molecule has 0 aromatic heterocycles. The zero-order valence-corrected chi connectivity index (χ0v) is 18.7. The molecule has 0 saturated carbocycles. The van der Waals surface area contributed by atoms with E-state index in [0.29, 0.717) is 18.6 Å². The zero-order chi connectivity index (χ0) is 21.8. The highest BCUT2D eigenvalue weighted by atomic mass is 19.2. The zero-order valence-electron chi connectivity index (χ0n) is 18.7. The Morgan fingerprint density at radius 3 is 2.21 bits per heavy atom. The Morgan fingerprint density at radius 1 is 1.00 bits per heavy atom. The number of allylic oxidation sites excluding steroid dienone is 3. The van der Waals surface area contributed by atoms with E-state index in [9.17, 15) is 8.78 Å². The standard InChI is InChI=1S/C24H36F2O3/c1-7-9-10-20-11-13-21(14-12-20)29-16-18(4)28-15-17(3)22(8-2)24(26)23(25)19(5)27-6/h11-14,17-18H,7-10,15-16H2,1-6H3/b23-19-,24-22-. The third-order valence-electron chi connectivity index (χ3n) is 4.92. The molecule has 0 heterocycles. The highest BCUT2D eigenvalue weighted by molar-refractivity contribution is 5.28. The van der Waals surface area contributed by atoms with Gasteiger partial charge in [0.1, 0.15) is 18.1 Å². The SMILES string of the molecule is CCCCc1ccc(OCC(C)OCC(C)/C(CC)=C(F)/C(F)=C(\C)OC)cc1. The summed E-state index contributed by atoms with van der Waals surface area (Å²) in [6.45, 7) is 9.81. The summed E-state index contributed by atoms with van der Waals surface area (Å²) in [7, 11) is 1.32. The normalized spacial score (nSPS) is 15.3. The smallest absolute Gasteiger partial charge is 0.195 e. The molecule has 3 nitrogen and oxygen atoms in total. The van der Waals surface area contributed by atoms with Crippen LogP contribution in [-0.2, 0) is 15.9 Å². The molecule has 1 aromatic carbocycles. The van der Waals surface area contributed by atoms with Crippen LogP contribution in [0.2, 0.25) is 0 Å². The van der Waals surface area contributed by atoms with E-state index in [-0.39, 0.29) is 24.4 Å². The van der Waals surface area contributed by atoms with Gasteiger partial charge < -0.3 is 14.2 Å². The fourth-order valence-corrected chi connectivity index (χ4v) is 2.91. The molecule has 0 aliphatic carbocycles. The first-order chi connectivity index (χ1) is 13.8.